The van der Waals surface area contributed by atoms with Gasteiger partial charge in [-0.25, -0.2) is 0 Å². The Morgan fingerprint density at radius 1 is 0.733 bits per heavy atom. The van der Waals surface area contributed by atoms with Crippen LogP contribution in [0.1, 0.15) is 48.2 Å². The number of nitrogens with zero attached hydrogens (tertiary/aromatic N) is 6. The molecule has 0 radical (unpaired) electrons. The number of amides is 4. The summed E-state index contributed by atoms with van der Waals surface area (Å²) in [7, 11) is 9.00. The van der Waals surface area contributed by atoms with Crippen molar-refractivity contribution in [2.45, 2.75) is 6.42 Å². The van der Waals surface area contributed by atoms with Gasteiger partial charge in [0.05, 0.1) is 5.69 Å². The summed E-state index contributed by atoms with van der Waals surface area (Å²) in [5.74, 6) is -0.589. The molecule has 5 aromatic rings. The first-order valence-corrected chi connectivity index (χ1v) is 14.2. The van der Waals surface area contributed by atoms with Gasteiger partial charge >= 0.3 is 0 Å². The number of rotatable bonds is 11. The third-order valence-electron chi connectivity index (χ3n) is 7.33. The number of fused-ring (bicyclic) bond motifs is 1. The zero-order valence-corrected chi connectivity index (χ0v) is 25.6. The van der Waals surface area contributed by atoms with Crippen LogP contribution < -0.4 is 21.3 Å². The zero-order chi connectivity index (χ0) is 32.2. The zero-order valence-electron chi connectivity index (χ0n) is 25.6. The van der Waals surface area contributed by atoms with Crippen LogP contribution in [0.5, 0.6) is 0 Å². The first-order chi connectivity index (χ1) is 21.5. The Balaban J connectivity index is 1.20. The van der Waals surface area contributed by atoms with Crippen LogP contribution >= 0.6 is 0 Å². The second kappa shape index (κ2) is 12.9. The summed E-state index contributed by atoms with van der Waals surface area (Å²) in [5.41, 5.74) is 3.05. The highest BCUT2D eigenvalue weighted by molar-refractivity contribution is 6.08. The van der Waals surface area contributed by atoms with Crippen molar-refractivity contribution in [2.75, 3.05) is 43.1 Å². The van der Waals surface area contributed by atoms with Crippen LogP contribution in [0.2, 0.25) is 0 Å². The van der Waals surface area contributed by atoms with Gasteiger partial charge in [-0.3, -0.25) is 19.2 Å². The quantitative estimate of drug-likeness (QED) is 0.142. The molecule has 0 aliphatic carbocycles. The molecule has 0 saturated carbocycles. The molecule has 5 rings (SSSR count). The van der Waals surface area contributed by atoms with Crippen LogP contribution in [0.25, 0.3) is 11.0 Å². The molecule has 4 heterocycles. The lowest BCUT2D eigenvalue weighted by molar-refractivity contribution is 0.0941. The third kappa shape index (κ3) is 6.78. The van der Waals surface area contributed by atoms with Gasteiger partial charge in [-0.05, 0) is 75.6 Å². The predicted molar refractivity (Wildman–Crippen MR) is 169 cm³/mol. The maximum Gasteiger partial charge on any atom is 0.273 e. The molecule has 234 valence electrons. The number of aromatic nitrogens is 6. The Morgan fingerprint density at radius 3 is 2.02 bits per heavy atom. The minimum atomic E-state index is -0.432. The minimum Gasteiger partial charge on any atom is -0.351 e. The average molecular weight is 614 g/mol. The lowest BCUT2D eigenvalue weighted by Gasteiger charge is -2.12. The van der Waals surface area contributed by atoms with E-state index in [1.54, 1.807) is 89.6 Å². The number of hydrogen-bond donors (Lipinski definition) is 5. The van der Waals surface area contributed by atoms with Crippen LogP contribution in [-0.2, 0) is 21.1 Å². The summed E-state index contributed by atoms with van der Waals surface area (Å²) >= 11 is 0. The Labute approximate surface area is 258 Å². The third-order valence-corrected chi connectivity index (χ3v) is 7.33. The summed E-state index contributed by atoms with van der Waals surface area (Å²) in [4.78, 5) is 53.7. The van der Waals surface area contributed by atoms with Gasteiger partial charge in [0.15, 0.2) is 0 Å². The van der Waals surface area contributed by atoms with E-state index in [1.807, 2.05) is 19.0 Å². The SMILES string of the molecule is CN(C)CCCNC(=O)c1ccc(NC(=O)c2ccc(NC(=O)c3cc(NC(=O)c4ccc5n[nH]nc5c4)cn3C)n2C)n1C. The van der Waals surface area contributed by atoms with Gasteiger partial charge in [0.25, 0.3) is 23.6 Å². The maximum absolute atomic E-state index is 13.2. The molecule has 1 aromatic carbocycles. The highest BCUT2D eigenvalue weighted by atomic mass is 16.2. The first kappa shape index (κ1) is 30.7. The lowest BCUT2D eigenvalue weighted by Crippen LogP contribution is -2.28. The fraction of sp³-hybridized carbons (Fsp3) is 0.267. The molecule has 15 nitrogen and oxygen atoms in total. The van der Waals surface area contributed by atoms with E-state index in [-0.39, 0.29) is 11.8 Å². The van der Waals surface area contributed by atoms with E-state index in [0.717, 1.165) is 13.0 Å². The summed E-state index contributed by atoms with van der Waals surface area (Å²) in [5, 5.41) is 21.8. The maximum atomic E-state index is 13.2. The number of aromatic amines is 1. The van der Waals surface area contributed by atoms with Crippen LogP contribution in [0.3, 0.4) is 0 Å². The smallest absolute Gasteiger partial charge is 0.273 e. The molecule has 0 saturated heterocycles. The number of carbonyl (C=O) groups excluding carboxylic acids is 4. The van der Waals surface area contributed by atoms with Gasteiger partial charge in [-0.2, -0.15) is 15.4 Å². The number of nitrogens with one attached hydrogen (secondary N) is 5. The number of benzene rings is 1. The molecule has 4 amide bonds. The van der Waals surface area contributed by atoms with Gasteiger partial charge in [-0.1, -0.05) is 0 Å². The van der Waals surface area contributed by atoms with Crippen molar-refractivity contribution in [2.24, 2.45) is 21.1 Å². The first-order valence-electron chi connectivity index (χ1n) is 14.2. The van der Waals surface area contributed by atoms with Crippen LogP contribution in [0.4, 0.5) is 17.3 Å². The lowest BCUT2D eigenvalue weighted by atomic mass is 10.2. The number of carbonyl (C=O) groups is 4. The molecule has 0 aliphatic heterocycles. The van der Waals surface area contributed by atoms with E-state index in [4.69, 9.17) is 0 Å². The monoisotopic (exact) mass is 613 g/mol. The second-order valence-electron chi connectivity index (χ2n) is 10.9. The van der Waals surface area contributed by atoms with Crippen molar-refractivity contribution in [3.8, 4) is 0 Å². The largest absolute Gasteiger partial charge is 0.351 e. The van der Waals surface area contributed by atoms with E-state index in [1.165, 1.54) is 0 Å². The van der Waals surface area contributed by atoms with Crippen LogP contribution in [0.15, 0.2) is 54.7 Å². The predicted octanol–water partition coefficient (Wildman–Crippen LogP) is 2.41. The van der Waals surface area contributed by atoms with Gasteiger partial charge in [0.1, 0.15) is 39.8 Å². The number of hydrogen-bond acceptors (Lipinski definition) is 7. The molecule has 45 heavy (non-hydrogen) atoms. The second-order valence-corrected chi connectivity index (χ2v) is 10.9. The van der Waals surface area contributed by atoms with Crippen LogP contribution in [-0.4, -0.2) is 84.8 Å². The highest BCUT2D eigenvalue weighted by Crippen LogP contribution is 2.20. The number of H-pyrrole nitrogens is 1. The van der Waals surface area contributed by atoms with E-state index >= 15 is 0 Å². The van der Waals surface area contributed by atoms with Gasteiger partial charge in [0.2, 0.25) is 0 Å². The summed E-state index contributed by atoms with van der Waals surface area (Å²) in [6.45, 7) is 1.41. The van der Waals surface area contributed by atoms with Gasteiger partial charge in [-0.15, -0.1) is 0 Å². The van der Waals surface area contributed by atoms with Crippen molar-refractivity contribution in [1.29, 1.82) is 0 Å². The number of anilines is 3. The molecule has 15 heteroatoms. The Morgan fingerprint density at radius 2 is 1.36 bits per heavy atom. The van der Waals surface area contributed by atoms with E-state index < -0.39 is 11.8 Å². The number of aryl methyl sites for hydroxylation is 1. The molecular formula is C30H35N11O4. The van der Waals surface area contributed by atoms with Crippen molar-refractivity contribution >= 4 is 52.0 Å². The van der Waals surface area contributed by atoms with E-state index in [9.17, 15) is 19.2 Å². The molecular weight excluding hydrogens is 578 g/mol. The fourth-order valence-corrected chi connectivity index (χ4v) is 4.82. The molecule has 0 unspecified atom stereocenters. The minimum absolute atomic E-state index is 0.225. The molecule has 5 N–H and O–H groups in total. The van der Waals surface area contributed by atoms with Crippen LogP contribution in [0, 0.1) is 0 Å². The normalized spacial score (nSPS) is 11.2. The summed E-state index contributed by atoms with van der Waals surface area (Å²) < 4.78 is 4.76. The topological polar surface area (TPSA) is 176 Å². The van der Waals surface area contributed by atoms with Gasteiger partial charge < -0.3 is 39.9 Å². The van der Waals surface area contributed by atoms with Gasteiger partial charge in [0, 0.05) is 39.4 Å². The Bertz CT molecular complexity index is 1890. The highest BCUT2D eigenvalue weighted by Gasteiger charge is 2.20. The van der Waals surface area contributed by atoms with Crippen molar-refractivity contribution in [3.05, 3.63) is 77.4 Å². The van der Waals surface area contributed by atoms with Crippen molar-refractivity contribution in [3.63, 3.8) is 0 Å². The summed E-state index contributed by atoms with van der Waals surface area (Å²) in [6.07, 6.45) is 2.45. The standard InChI is InChI=1S/C30H35N11O4/c1-38(2)14-6-13-31-28(43)22-9-11-25(40(22)4)33-29(44)23-10-12-26(41(23)5)34-30(45)24-16-19(17-39(24)3)32-27(42)18-7-8-20-21(15-18)36-37-35-20/h7-12,15-17H,6,13-14H2,1-5H3,(H,31,43)(H,32,42)(H,33,44)(H,34,45)(H,35,36,37). The molecule has 0 spiro atoms. The molecule has 0 aliphatic rings. The Kier molecular flexibility index (Phi) is 8.81. The summed E-state index contributed by atoms with van der Waals surface area (Å²) in [6, 6.07) is 13.0. The molecule has 4 aromatic heterocycles. The van der Waals surface area contributed by atoms with E-state index in [0.29, 0.717) is 57.5 Å². The Hall–Kier alpha value is -5.70. The molecule has 0 fully saturated rings. The molecule has 0 bridgehead atoms. The fourth-order valence-electron chi connectivity index (χ4n) is 4.82. The van der Waals surface area contributed by atoms with E-state index in [2.05, 4.69) is 36.7 Å². The molecule has 0 atom stereocenters. The van der Waals surface area contributed by atoms with Crippen molar-refractivity contribution < 1.29 is 19.2 Å². The van der Waals surface area contributed by atoms with Crippen molar-refractivity contribution in [1.82, 2.24) is 39.3 Å². The average Bonchev–Trinajstić information content (AvgIpc) is 3.78.